The molecule has 3 nitrogen and oxygen atoms in total. The van der Waals surface area contributed by atoms with Crippen LogP contribution in [0.3, 0.4) is 0 Å². The van der Waals surface area contributed by atoms with Crippen molar-refractivity contribution in [3.8, 4) is 5.69 Å². The lowest BCUT2D eigenvalue weighted by Gasteiger charge is -2.06. The van der Waals surface area contributed by atoms with E-state index in [-0.39, 0.29) is 0 Å². The molecule has 0 aliphatic heterocycles. The molecule has 15 heavy (non-hydrogen) atoms. The van der Waals surface area contributed by atoms with Gasteiger partial charge in [-0.1, -0.05) is 23.2 Å². The fraction of sp³-hybridized carbons (Fsp3) is 0. The molecule has 2 aromatic rings. The Bertz CT molecular complexity index is 510. The Hall–Kier alpha value is -0.710. The quantitative estimate of drug-likeness (QED) is 0.819. The highest BCUT2D eigenvalue weighted by Gasteiger charge is 2.10. The van der Waals surface area contributed by atoms with E-state index in [1.165, 1.54) is 0 Å². The minimum Gasteiger partial charge on any atom is -0.382 e. The number of halogens is 3. The first kappa shape index (κ1) is 10.8. The second-order valence-electron chi connectivity index (χ2n) is 2.88. The molecular weight excluding hydrogens is 301 g/mol. The van der Waals surface area contributed by atoms with Crippen molar-refractivity contribution in [2.45, 2.75) is 0 Å². The fourth-order valence-electron chi connectivity index (χ4n) is 1.16. The predicted octanol–water partition coefficient (Wildman–Crippen LogP) is 3.52. The van der Waals surface area contributed by atoms with Crippen LogP contribution in [0.2, 0.25) is 10.0 Å². The number of nitrogens with zero attached hydrogens (tertiary/aromatic N) is 2. The minimum absolute atomic E-state index is 0.435. The third-order valence-corrected chi connectivity index (χ3v) is 3.63. The summed E-state index contributed by atoms with van der Waals surface area (Å²) in [6.45, 7) is 0. The molecule has 0 atom stereocenters. The molecule has 0 saturated heterocycles. The fourth-order valence-corrected chi connectivity index (χ4v) is 2.02. The maximum Gasteiger partial charge on any atom is 0.145 e. The predicted molar refractivity (Wildman–Crippen MR) is 65.7 cm³/mol. The topological polar surface area (TPSA) is 43.8 Å². The Morgan fingerprint density at radius 1 is 1.20 bits per heavy atom. The SMILES string of the molecule is Nc1ccn(-c2ccc(Br)c(Cl)c2Cl)n1. The van der Waals surface area contributed by atoms with Gasteiger partial charge < -0.3 is 5.73 Å². The monoisotopic (exact) mass is 305 g/mol. The lowest BCUT2D eigenvalue weighted by Crippen LogP contribution is -1.97. The highest BCUT2D eigenvalue weighted by atomic mass is 79.9. The van der Waals surface area contributed by atoms with Crippen molar-refractivity contribution in [1.82, 2.24) is 9.78 Å². The van der Waals surface area contributed by atoms with Crippen molar-refractivity contribution in [1.29, 1.82) is 0 Å². The van der Waals surface area contributed by atoms with Crippen LogP contribution in [-0.2, 0) is 0 Å². The zero-order valence-electron chi connectivity index (χ0n) is 7.42. The van der Waals surface area contributed by atoms with Gasteiger partial charge >= 0.3 is 0 Å². The average Bonchev–Trinajstić information content (AvgIpc) is 2.61. The summed E-state index contributed by atoms with van der Waals surface area (Å²) in [5.41, 5.74) is 6.21. The second-order valence-corrected chi connectivity index (χ2v) is 4.49. The number of hydrogen-bond donors (Lipinski definition) is 1. The summed E-state index contributed by atoms with van der Waals surface area (Å²) < 4.78 is 2.33. The van der Waals surface area contributed by atoms with Gasteiger partial charge in [0.25, 0.3) is 0 Å². The Labute approximate surface area is 105 Å². The summed E-state index contributed by atoms with van der Waals surface area (Å²) in [5.74, 6) is 0.435. The van der Waals surface area contributed by atoms with E-state index in [4.69, 9.17) is 28.9 Å². The first-order valence-corrected chi connectivity index (χ1v) is 5.59. The maximum atomic E-state index is 6.08. The molecule has 1 aromatic carbocycles. The second kappa shape index (κ2) is 4.04. The van der Waals surface area contributed by atoms with Crippen molar-refractivity contribution in [2.75, 3.05) is 5.73 Å². The largest absolute Gasteiger partial charge is 0.382 e. The molecule has 0 aliphatic rings. The third kappa shape index (κ3) is 1.97. The molecule has 0 aliphatic carbocycles. The highest BCUT2D eigenvalue weighted by molar-refractivity contribution is 9.10. The van der Waals surface area contributed by atoms with Crippen LogP contribution < -0.4 is 5.73 Å². The number of rotatable bonds is 1. The van der Waals surface area contributed by atoms with Crippen molar-refractivity contribution < 1.29 is 0 Å². The van der Waals surface area contributed by atoms with Crippen LogP contribution in [0.15, 0.2) is 28.9 Å². The van der Waals surface area contributed by atoms with Gasteiger partial charge in [0.05, 0.1) is 15.7 Å². The Kier molecular flexibility index (Phi) is 2.91. The van der Waals surface area contributed by atoms with Crippen LogP contribution in [0, 0.1) is 0 Å². The summed E-state index contributed by atoms with van der Waals surface area (Å²) in [4.78, 5) is 0. The average molecular weight is 307 g/mol. The van der Waals surface area contributed by atoms with Crippen molar-refractivity contribution >= 4 is 44.9 Å². The van der Waals surface area contributed by atoms with Gasteiger partial charge in [-0.2, -0.15) is 5.10 Å². The van der Waals surface area contributed by atoms with Crippen molar-refractivity contribution in [3.05, 3.63) is 38.9 Å². The Morgan fingerprint density at radius 2 is 1.93 bits per heavy atom. The molecule has 0 fully saturated rings. The molecule has 0 unspecified atom stereocenters. The molecule has 1 aromatic heterocycles. The van der Waals surface area contributed by atoms with Crippen LogP contribution >= 0.6 is 39.1 Å². The minimum atomic E-state index is 0.435. The first-order chi connectivity index (χ1) is 7.09. The van der Waals surface area contributed by atoms with E-state index in [0.717, 1.165) is 4.47 Å². The van der Waals surface area contributed by atoms with Crippen LogP contribution in [0.25, 0.3) is 5.69 Å². The molecule has 0 spiro atoms. The molecule has 0 radical (unpaired) electrons. The van der Waals surface area contributed by atoms with Gasteiger partial charge in [0.1, 0.15) is 5.82 Å². The van der Waals surface area contributed by atoms with Gasteiger partial charge in [0, 0.05) is 16.7 Å². The normalized spacial score (nSPS) is 10.6. The van der Waals surface area contributed by atoms with E-state index in [0.29, 0.717) is 21.6 Å². The number of anilines is 1. The molecule has 0 saturated carbocycles. The van der Waals surface area contributed by atoms with Crippen LogP contribution in [0.4, 0.5) is 5.82 Å². The van der Waals surface area contributed by atoms with E-state index in [2.05, 4.69) is 21.0 Å². The molecule has 1 heterocycles. The Morgan fingerprint density at radius 3 is 2.53 bits per heavy atom. The first-order valence-electron chi connectivity index (χ1n) is 4.04. The van der Waals surface area contributed by atoms with E-state index < -0.39 is 0 Å². The molecule has 0 amide bonds. The van der Waals surface area contributed by atoms with Crippen LogP contribution in [0.1, 0.15) is 0 Å². The highest BCUT2D eigenvalue weighted by Crippen LogP contribution is 2.34. The van der Waals surface area contributed by atoms with Gasteiger partial charge in [-0.25, -0.2) is 4.68 Å². The molecule has 78 valence electrons. The smallest absolute Gasteiger partial charge is 0.145 e. The number of benzene rings is 1. The van der Waals surface area contributed by atoms with Gasteiger partial charge in [-0.15, -0.1) is 0 Å². The van der Waals surface area contributed by atoms with Crippen molar-refractivity contribution in [3.63, 3.8) is 0 Å². The zero-order valence-corrected chi connectivity index (χ0v) is 10.5. The number of nitrogens with two attached hydrogens (primary N) is 1. The summed E-state index contributed by atoms with van der Waals surface area (Å²) in [5, 5.41) is 4.95. The number of aromatic nitrogens is 2. The summed E-state index contributed by atoms with van der Waals surface area (Å²) in [6.07, 6.45) is 1.72. The third-order valence-electron chi connectivity index (χ3n) is 1.87. The standard InChI is InChI=1S/C9H6BrCl2N3/c10-5-1-2-6(9(12)8(5)11)15-4-3-7(13)14-15/h1-4H,(H2,13,14). The lowest BCUT2D eigenvalue weighted by atomic mass is 10.3. The maximum absolute atomic E-state index is 6.08. The van der Waals surface area contributed by atoms with Gasteiger partial charge in [0.2, 0.25) is 0 Å². The van der Waals surface area contributed by atoms with E-state index >= 15 is 0 Å². The van der Waals surface area contributed by atoms with Gasteiger partial charge in [-0.3, -0.25) is 0 Å². The molecule has 6 heteroatoms. The summed E-state index contributed by atoms with van der Waals surface area (Å²) in [7, 11) is 0. The van der Waals surface area contributed by atoms with Crippen molar-refractivity contribution in [2.24, 2.45) is 0 Å². The molecule has 0 bridgehead atoms. The lowest BCUT2D eigenvalue weighted by molar-refractivity contribution is 0.886. The summed E-state index contributed by atoms with van der Waals surface area (Å²) in [6, 6.07) is 5.30. The van der Waals surface area contributed by atoms with E-state index in [1.54, 1.807) is 23.0 Å². The van der Waals surface area contributed by atoms with E-state index in [9.17, 15) is 0 Å². The number of hydrogen-bond acceptors (Lipinski definition) is 2. The molecule has 2 rings (SSSR count). The van der Waals surface area contributed by atoms with Crippen LogP contribution in [-0.4, -0.2) is 9.78 Å². The van der Waals surface area contributed by atoms with Gasteiger partial charge in [-0.05, 0) is 28.1 Å². The molecular formula is C9H6BrCl2N3. The summed E-state index contributed by atoms with van der Waals surface area (Å²) >= 11 is 15.4. The Balaban J connectivity index is 2.59. The van der Waals surface area contributed by atoms with E-state index in [1.807, 2.05) is 6.07 Å². The van der Waals surface area contributed by atoms with Crippen LogP contribution in [0.5, 0.6) is 0 Å². The zero-order chi connectivity index (χ0) is 11.0. The molecule has 2 N–H and O–H groups in total. The van der Waals surface area contributed by atoms with Gasteiger partial charge in [0.15, 0.2) is 0 Å². The number of nitrogen functional groups attached to an aromatic ring is 1.